The smallest absolute Gasteiger partial charge is 0.228 e. The fourth-order valence-electron chi connectivity index (χ4n) is 4.90. The van der Waals surface area contributed by atoms with Gasteiger partial charge in [0, 0.05) is 56.0 Å². The first-order chi connectivity index (χ1) is 17.1. The number of nitrogens with zero attached hydrogens (tertiary/aromatic N) is 4. The lowest BCUT2D eigenvalue weighted by Gasteiger charge is -2.37. The molecule has 0 saturated carbocycles. The summed E-state index contributed by atoms with van der Waals surface area (Å²) in [6.45, 7) is 6.07. The van der Waals surface area contributed by atoms with Gasteiger partial charge in [-0.15, -0.1) is 0 Å². The Kier molecular flexibility index (Phi) is 7.04. The van der Waals surface area contributed by atoms with E-state index in [1.165, 1.54) is 12.1 Å². The molecule has 182 valence electrons. The summed E-state index contributed by atoms with van der Waals surface area (Å²) in [5.41, 5.74) is 4.07. The van der Waals surface area contributed by atoms with E-state index in [9.17, 15) is 9.18 Å². The lowest BCUT2D eigenvalue weighted by molar-refractivity contribution is -0.135. The molecule has 0 aliphatic carbocycles. The number of hydrogen-bond acceptors (Lipinski definition) is 5. The van der Waals surface area contributed by atoms with Crippen LogP contribution in [0.1, 0.15) is 30.2 Å². The molecule has 0 N–H and O–H groups in total. The van der Waals surface area contributed by atoms with Gasteiger partial charge in [0.25, 0.3) is 0 Å². The Morgan fingerprint density at radius 3 is 2.43 bits per heavy atom. The van der Waals surface area contributed by atoms with Crippen molar-refractivity contribution in [3.63, 3.8) is 0 Å². The number of aromatic nitrogens is 2. The molecule has 0 bridgehead atoms. The Morgan fingerprint density at radius 2 is 1.77 bits per heavy atom. The van der Waals surface area contributed by atoms with Crippen molar-refractivity contribution in [2.75, 3.05) is 44.3 Å². The maximum absolute atomic E-state index is 13.5. The Labute approximate surface area is 205 Å². The summed E-state index contributed by atoms with van der Waals surface area (Å²) < 4.78 is 18.9. The fraction of sp³-hybridized carbons (Fsp3) is 0.393. The maximum atomic E-state index is 13.5. The first-order valence-corrected chi connectivity index (χ1v) is 12.4. The lowest BCUT2D eigenvalue weighted by Crippen LogP contribution is -2.51. The molecule has 1 unspecified atom stereocenters. The maximum Gasteiger partial charge on any atom is 0.228 e. The predicted molar refractivity (Wildman–Crippen MR) is 134 cm³/mol. The van der Waals surface area contributed by atoms with E-state index in [1.807, 2.05) is 47.4 Å². The normalized spacial score (nSPS) is 18.2. The third kappa shape index (κ3) is 5.20. The van der Waals surface area contributed by atoms with Crippen molar-refractivity contribution in [2.24, 2.45) is 5.92 Å². The highest BCUT2D eigenvalue weighted by Crippen LogP contribution is 2.29. The second kappa shape index (κ2) is 10.5. The number of carbonyl (C=O) groups excluding carboxylic acids is 1. The van der Waals surface area contributed by atoms with E-state index < -0.39 is 0 Å². The highest BCUT2D eigenvalue weighted by molar-refractivity contribution is 5.79. The minimum atomic E-state index is -0.242. The third-order valence-electron chi connectivity index (χ3n) is 6.90. The standard InChI is InChI=1S/C28H31FN4O2/c1-2-25-24(18-20-8-10-23(29)11-9-20)27(31-26(30-25)21-6-4-3-5-7-21)32-13-15-33(16-14-32)28(34)22-12-17-35-19-22/h3-11,22H,2,12-19H2,1H3. The number of amides is 1. The molecule has 1 aromatic heterocycles. The number of benzene rings is 2. The summed E-state index contributed by atoms with van der Waals surface area (Å²) >= 11 is 0. The second-order valence-electron chi connectivity index (χ2n) is 9.19. The molecular weight excluding hydrogens is 443 g/mol. The molecule has 1 amide bonds. The topological polar surface area (TPSA) is 58.6 Å². The first kappa shape index (κ1) is 23.4. The lowest BCUT2D eigenvalue weighted by atomic mass is 10.0. The molecule has 2 aliphatic heterocycles. The molecule has 35 heavy (non-hydrogen) atoms. The summed E-state index contributed by atoms with van der Waals surface area (Å²) in [7, 11) is 0. The van der Waals surface area contributed by atoms with Crippen LogP contribution in [0.2, 0.25) is 0 Å². The monoisotopic (exact) mass is 474 g/mol. The molecule has 1 atom stereocenters. The number of piperazine rings is 1. The molecule has 6 nitrogen and oxygen atoms in total. The molecule has 2 fully saturated rings. The number of carbonyl (C=O) groups is 1. The van der Waals surface area contributed by atoms with Crippen LogP contribution in [-0.2, 0) is 22.4 Å². The SMILES string of the molecule is CCc1nc(-c2ccccc2)nc(N2CCN(C(=O)C3CCOC3)CC2)c1Cc1ccc(F)cc1. The molecular formula is C28H31FN4O2. The van der Waals surface area contributed by atoms with Gasteiger partial charge < -0.3 is 14.5 Å². The number of ether oxygens (including phenoxy) is 1. The van der Waals surface area contributed by atoms with Gasteiger partial charge in [0.15, 0.2) is 5.82 Å². The van der Waals surface area contributed by atoms with Gasteiger partial charge in [-0.3, -0.25) is 4.79 Å². The van der Waals surface area contributed by atoms with Crippen LogP contribution in [0.25, 0.3) is 11.4 Å². The van der Waals surface area contributed by atoms with Gasteiger partial charge in [-0.25, -0.2) is 14.4 Å². The minimum Gasteiger partial charge on any atom is -0.381 e. The minimum absolute atomic E-state index is 0.00832. The van der Waals surface area contributed by atoms with E-state index in [-0.39, 0.29) is 17.6 Å². The molecule has 2 aromatic carbocycles. The van der Waals surface area contributed by atoms with Gasteiger partial charge in [0.2, 0.25) is 5.91 Å². The van der Waals surface area contributed by atoms with Gasteiger partial charge in [-0.05, 0) is 30.5 Å². The Bertz CT molecular complexity index is 1160. The van der Waals surface area contributed by atoms with E-state index in [0.29, 0.717) is 51.6 Å². The van der Waals surface area contributed by atoms with E-state index >= 15 is 0 Å². The quantitative estimate of drug-likeness (QED) is 0.538. The number of rotatable bonds is 6. The Morgan fingerprint density at radius 1 is 1.03 bits per heavy atom. The number of halogens is 1. The van der Waals surface area contributed by atoms with Crippen molar-refractivity contribution in [1.29, 1.82) is 0 Å². The average Bonchev–Trinajstić information content (AvgIpc) is 3.45. The number of hydrogen-bond donors (Lipinski definition) is 0. The van der Waals surface area contributed by atoms with Crippen molar-refractivity contribution >= 4 is 11.7 Å². The zero-order valence-electron chi connectivity index (χ0n) is 20.1. The molecule has 2 saturated heterocycles. The molecule has 2 aliphatic rings. The fourth-order valence-corrected chi connectivity index (χ4v) is 4.90. The van der Waals surface area contributed by atoms with Crippen LogP contribution < -0.4 is 4.90 Å². The summed E-state index contributed by atoms with van der Waals surface area (Å²) in [4.78, 5) is 27.1. The first-order valence-electron chi connectivity index (χ1n) is 12.4. The zero-order chi connectivity index (χ0) is 24.2. The summed E-state index contributed by atoms with van der Waals surface area (Å²) in [5, 5.41) is 0. The van der Waals surface area contributed by atoms with Crippen LogP contribution in [0.5, 0.6) is 0 Å². The van der Waals surface area contributed by atoms with Crippen LogP contribution in [-0.4, -0.2) is 60.2 Å². The third-order valence-corrected chi connectivity index (χ3v) is 6.90. The van der Waals surface area contributed by atoms with Gasteiger partial charge in [0.05, 0.1) is 12.5 Å². The average molecular weight is 475 g/mol. The van der Waals surface area contributed by atoms with E-state index in [4.69, 9.17) is 14.7 Å². The molecule has 0 spiro atoms. The van der Waals surface area contributed by atoms with Crippen LogP contribution in [0, 0.1) is 11.7 Å². The number of anilines is 1. The van der Waals surface area contributed by atoms with Crippen LogP contribution >= 0.6 is 0 Å². The Balaban J connectivity index is 1.46. The van der Waals surface area contributed by atoms with E-state index in [0.717, 1.165) is 41.0 Å². The largest absolute Gasteiger partial charge is 0.381 e. The van der Waals surface area contributed by atoms with Gasteiger partial charge >= 0.3 is 0 Å². The number of aryl methyl sites for hydroxylation is 1. The molecule has 3 aromatic rings. The predicted octanol–water partition coefficient (Wildman–Crippen LogP) is 4.12. The van der Waals surface area contributed by atoms with Crippen LogP contribution in [0.4, 0.5) is 10.2 Å². The Hall–Kier alpha value is -3.32. The molecule has 5 rings (SSSR count). The highest BCUT2D eigenvalue weighted by atomic mass is 19.1. The van der Waals surface area contributed by atoms with Gasteiger partial charge in [-0.1, -0.05) is 49.4 Å². The summed E-state index contributed by atoms with van der Waals surface area (Å²) in [6, 6.07) is 16.7. The highest BCUT2D eigenvalue weighted by Gasteiger charge is 2.31. The summed E-state index contributed by atoms with van der Waals surface area (Å²) in [6.07, 6.45) is 2.21. The van der Waals surface area contributed by atoms with Crippen molar-refractivity contribution in [1.82, 2.24) is 14.9 Å². The van der Waals surface area contributed by atoms with Crippen molar-refractivity contribution in [3.05, 3.63) is 77.2 Å². The summed E-state index contributed by atoms with van der Waals surface area (Å²) in [5.74, 6) is 1.58. The van der Waals surface area contributed by atoms with Crippen LogP contribution in [0.15, 0.2) is 54.6 Å². The van der Waals surface area contributed by atoms with Gasteiger partial charge in [-0.2, -0.15) is 0 Å². The van der Waals surface area contributed by atoms with Crippen molar-refractivity contribution < 1.29 is 13.9 Å². The molecule has 3 heterocycles. The van der Waals surface area contributed by atoms with Crippen LogP contribution in [0.3, 0.4) is 0 Å². The molecule has 0 radical (unpaired) electrons. The zero-order valence-corrected chi connectivity index (χ0v) is 20.1. The van der Waals surface area contributed by atoms with Gasteiger partial charge in [0.1, 0.15) is 11.6 Å². The van der Waals surface area contributed by atoms with E-state index in [2.05, 4.69) is 11.8 Å². The van der Waals surface area contributed by atoms with Crippen molar-refractivity contribution in [2.45, 2.75) is 26.2 Å². The second-order valence-corrected chi connectivity index (χ2v) is 9.19. The van der Waals surface area contributed by atoms with E-state index in [1.54, 1.807) is 0 Å². The van der Waals surface area contributed by atoms with Crippen molar-refractivity contribution in [3.8, 4) is 11.4 Å². The molecule has 7 heteroatoms.